The van der Waals surface area contributed by atoms with Crippen molar-refractivity contribution in [3.8, 4) is 12.1 Å². The summed E-state index contributed by atoms with van der Waals surface area (Å²) < 4.78 is 1.62. The fraction of sp³-hybridized carbons (Fsp3) is 0.154. The Morgan fingerprint density at radius 3 is 2.72 bits per heavy atom. The molecule has 0 unspecified atom stereocenters. The molecule has 0 fully saturated rings. The Labute approximate surface area is 105 Å². The second kappa shape index (κ2) is 4.60. The summed E-state index contributed by atoms with van der Waals surface area (Å²) in [5, 5.41) is 25.2. The molecule has 0 radical (unpaired) electrons. The first-order chi connectivity index (χ1) is 8.65. The van der Waals surface area contributed by atoms with Crippen molar-refractivity contribution >= 4 is 11.5 Å². The molecule has 1 heterocycles. The first-order valence-electron chi connectivity index (χ1n) is 5.36. The van der Waals surface area contributed by atoms with Crippen molar-refractivity contribution in [2.75, 3.05) is 5.32 Å². The zero-order chi connectivity index (χ0) is 13.1. The Balaban J connectivity index is 2.41. The zero-order valence-corrected chi connectivity index (χ0v) is 10.1. The van der Waals surface area contributed by atoms with Gasteiger partial charge in [-0.05, 0) is 25.1 Å². The van der Waals surface area contributed by atoms with E-state index in [1.165, 1.54) is 0 Å². The molecule has 0 saturated heterocycles. The van der Waals surface area contributed by atoms with Crippen LogP contribution in [0.1, 0.15) is 16.8 Å². The van der Waals surface area contributed by atoms with E-state index < -0.39 is 0 Å². The van der Waals surface area contributed by atoms with Gasteiger partial charge in [0.05, 0.1) is 17.3 Å². The number of nitriles is 2. The van der Waals surface area contributed by atoms with Crippen LogP contribution in [-0.4, -0.2) is 9.78 Å². The van der Waals surface area contributed by atoms with E-state index in [0.29, 0.717) is 22.6 Å². The Morgan fingerprint density at radius 1 is 1.28 bits per heavy atom. The van der Waals surface area contributed by atoms with Crippen LogP contribution in [0, 0.1) is 29.6 Å². The summed E-state index contributed by atoms with van der Waals surface area (Å²) in [6, 6.07) is 11.3. The molecule has 88 valence electrons. The van der Waals surface area contributed by atoms with Crippen molar-refractivity contribution in [3.05, 3.63) is 41.1 Å². The van der Waals surface area contributed by atoms with E-state index in [1.807, 2.05) is 6.07 Å². The van der Waals surface area contributed by atoms with Gasteiger partial charge in [-0.1, -0.05) is 6.07 Å². The first-order valence-corrected chi connectivity index (χ1v) is 5.36. The molecule has 0 atom stereocenters. The Bertz CT molecular complexity index is 670. The molecular weight excluding hydrogens is 226 g/mol. The summed E-state index contributed by atoms with van der Waals surface area (Å²) in [6.07, 6.45) is 0. The van der Waals surface area contributed by atoms with Gasteiger partial charge in [0.2, 0.25) is 0 Å². The van der Waals surface area contributed by atoms with Crippen molar-refractivity contribution in [2.45, 2.75) is 6.92 Å². The van der Waals surface area contributed by atoms with Crippen LogP contribution in [0.25, 0.3) is 0 Å². The molecule has 2 rings (SSSR count). The molecule has 0 saturated carbocycles. The first kappa shape index (κ1) is 11.7. The highest BCUT2D eigenvalue weighted by atomic mass is 15.3. The molecule has 18 heavy (non-hydrogen) atoms. The molecule has 0 aliphatic carbocycles. The number of rotatable bonds is 2. The maximum Gasteiger partial charge on any atom is 0.146 e. The maximum absolute atomic E-state index is 9.10. The van der Waals surface area contributed by atoms with Crippen molar-refractivity contribution in [1.82, 2.24) is 9.78 Å². The van der Waals surface area contributed by atoms with E-state index in [-0.39, 0.29) is 0 Å². The van der Waals surface area contributed by atoms with Gasteiger partial charge in [-0.2, -0.15) is 15.6 Å². The molecule has 1 N–H and O–H groups in total. The second-order valence-electron chi connectivity index (χ2n) is 3.86. The largest absolute Gasteiger partial charge is 0.339 e. The SMILES string of the molecule is Cc1nn(C)c(Nc2cccc(C#N)c2)c1C#N. The summed E-state index contributed by atoms with van der Waals surface area (Å²) >= 11 is 0. The minimum Gasteiger partial charge on any atom is -0.339 e. The number of hydrogen-bond acceptors (Lipinski definition) is 4. The Kier molecular flexibility index (Phi) is 2.99. The van der Waals surface area contributed by atoms with E-state index in [9.17, 15) is 0 Å². The van der Waals surface area contributed by atoms with Gasteiger partial charge in [0.1, 0.15) is 17.5 Å². The topological polar surface area (TPSA) is 77.4 Å². The van der Waals surface area contributed by atoms with Crippen molar-refractivity contribution in [3.63, 3.8) is 0 Å². The number of benzene rings is 1. The molecule has 1 aromatic carbocycles. The van der Waals surface area contributed by atoms with Crippen LogP contribution in [0.4, 0.5) is 11.5 Å². The number of aromatic nitrogens is 2. The monoisotopic (exact) mass is 237 g/mol. The summed E-state index contributed by atoms with van der Waals surface area (Å²) in [6.45, 7) is 1.79. The average molecular weight is 237 g/mol. The minimum atomic E-state index is 0.514. The van der Waals surface area contributed by atoms with Gasteiger partial charge < -0.3 is 5.32 Å². The van der Waals surface area contributed by atoms with Crippen molar-refractivity contribution in [2.24, 2.45) is 7.05 Å². The third-order valence-electron chi connectivity index (χ3n) is 2.59. The van der Waals surface area contributed by atoms with Gasteiger partial charge in [0.25, 0.3) is 0 Å². The van der Waals surface area contributed by atoms with Crippen LogP contribution in [0.5, 0.6) is 0 Å². The fourth-order valence-electron chi connectivity index (χ4n) is 1.74. The van der Waals surface area contributed by atoms with Gasteiger partial charge in [-0.25, -0.2) is 0 Å². The third kappa shape index (κ3) is 2.02. The molecule has 1 aromatic heterocycles. The lowest BCUT2D eigenvalue weighted by Gasteiger charge is -2.07. The number of aryl methyl sites for hydroxylation is 2. The van der Waals surface area contributed by atoms with Crippen molar-refractivity contribution < 1.29 is 0 Å². The highest BCUT2D eigenvalue weighted by molar-refractivity contribution is 5.65. The minimum absolute atomic E-state index is 0.514. The molecule has 0 amide bonds. The molecule has 0 aliphatic heterocycles. The van der Waals surface area contributed by atoms with Crippen LogP contribution < -0.4 is 5.32 Å². The predicted molar refractivity (Wildman–Crippen MR) is 67.1 cm³/mol. The smallest absolute Gasteiger partial charge is 0.146 e. The molecule has 0 aliphatic rings. The summed E-state index contributed by atoms with van der Waals surface area (Å²) in [5.74, 6) is 0.630. The number of hydrogen-bond donors (Lipinski definition) is 1. The van der Waals surface area contributed by atoms with Crippen LogP contribution in [0.2, 0.25) is 0 Å². The maximum atomic E-state index is 9.10. The third-order valence-corrected chi connectivity index (χ3v) is 2.59. The Hall–Kier alpha value is -2.79. The lowest BCUT2D eigenvalue weighted by atomic mass is 10.2. The predicted octanol–water partition coefficient (Wildman–Crippen LogP) is 2.22. The van der Waals surface area contributed by atoms with Gasteiger partial charge in [-0.3, -0.25) is 4.68 Å². The van der Waals surface area contributed by atoms with Gasteiger partial charge >= 0.3 is 0 Å². The lowest BCUT2D eigenvalue weighted by Crippen LogP contribution is -2.00. The van der Waals surface area contributed by atoms with Crippen LogP contribution in [-0.2, 0) is 7.05 Å². The molecule has 5 nitrogen and oxygen atoms in total. The molecule has 5 heteroatoms. The van der Waals surface area contributed by atoms with Crippen LogP contribution in [0.3, 0.4) is 0 Å². The summed E-state index contributed by atoms with van der Waals surface area (Å²) in [7, 11) is 1.77. The molecule has 0 spiro atoms. The number of nitrogens with one attached hydrogen (secondary N) is 1. The highest BCUT2D eigenvalue weighted by Crippen LogP contribution is 2.22. The molecular formula is C13H11N5. The average Bonchev–Trinajstić information content (AvgIpc) is 2.64. The number of nitrogens with zero attached hydrogens (tertiary/aromatic N) is 4. The summed E-state index contributed by atoms with van der Waals surface area (Å²) in [5.41, 5.74) is 2.52. The van der Waals surface area contributed by atoms with E-state index in [1.54, 1.807) is 36.9 Å². The standard InChI is InChI=1S/C13H11N5/c1-9-12(8-15)13(18(2)17-9)16-11-5-3-4-10(6-11)7-14/h3-6,16H,1-2H3. The van der Waals surface area contributed by atoms with Gasteiger partial charge in [0, 0.05) is 12.7 Å². The normalized spacial score (nSPS) is 9.56. The second-order valence-corrected chi connectivity index (χ2v) is 3.86. The lowest BCUT2D eigenvalue weighted by molar-refractivity contribution is 0.765. The summed E-state index contributed by atoms with van der Waals surface area (Å²) in [4.78, 5) is 0. The number of anilines is 2. The Morgan fingerprint density at radius 2 is 2.06 bits per heavy atom. The zero-order valence-electron chi connectivity index (χ0n) is 10.1. The molecule has 0 bridgehead atoms. The van der Waals surface area contributed by atoms with Crippen LogP contribution in [0.15, 0.2) is 24.3 Å². The molecule has 2 aromatic rings. The van der Waals surface area contributed by atoms with E-state index >= 15 is 0 Å². The van der Waals surface area contributed by atoms with Gasteiger partial charge in [0.15, 0.2) is 0 Å². The van der Waals surface area contributed by atoms with E-state index in [4.69, 9.17) is 10.5 Å². The fourth-order valence-corrected chi connectivity index (χ4v) is 1.74. The van der Waals surface area contributed by atoms with E-state index in [2.05, 4.69) is 22.6 Å². The quantitative estimate of drug-likeness (QED) is 0.868. The van der Waals surface area contributed by atoms with E-state index in [0.717, 1.165) is 5.69 Å². The van der Waals surface area contributed by atoms with Crippen molar-refractivity contribution in [1.29, 1.82) is 10.5 Å². The highest BCUT2D eigenvalue weighted by Gasteiger charge is 2.12. The van der Waals surface area contributed by atoms with Gasteiger partial charge in [-0.15, -0.1) is 0 Å². The van der Waals surface area contributed by atoms with Crippen LogP contribution >= 0.6 is 0 Å².